The van der Waals surface area contributed by atoms with Crippen LogP contribution in [0.4, 0.5) is 0 Å². The molecule has 1 fully saturated rings. The molecule has 50 valence electrons. The van der Waals surface area contributed by atoms with Crippen molar-refractivity contribution in [3.05, 3.63) is 0 Å². The summed E-state index contributed by atoms with van der Waals surface area (Å²) in [6.45, 7) is 1.55. The predicted molar refractivity (Wildman–Crippen MR) is 30.3 cm³/mol. The molecule has 1 rings (SSSR count). The maximum absolute atomic E-state index is 10.2. The van der Waals surface area contributed by atoms with E-state index in [4.69, 9.17) is 10.8 Å². The van der Waals surface area contributed by atoms with Gasteiger partial charge in [0.1, 0.15) is 0 Å². The summed E-state index contributed by atoms with van der Waals surface area (Å²) in [7, 11) is 0. The van der Waals surface area contributed by atoms with Gasteiger partial charge in [-0.15, -0.1) is 0 Å². The van der Waals surface area contributed by atoms with Crippen molar-refractivity contribution >= 4 is 5.91 Å². The molecule has 1 aliphatic rings. The molecule has 4 nitrogen and oxygen atoms in total. The van der Waals surface area contributed by atoms with Gasteiger partial charge in [0.15, 0.2) is 0 Å². The molecule has 4 heteroatoms. The Morgan fingerprint density at radius 3 is 2.11 bits per heavy atom. The number of nitrogens with one attached hydrogen (secondary N) is 1. The summed E-state index contributed by atoms with van der Waals surface area (Å²) in [6, 6.07) is 0.525. The van der Waals surface area contributed by atoms with Gasteiger partial charge in [-0.05, 0) is 12.8 Å². The average Bonchev–Trinajstić information content (AvgIpc) is 2.55. The van der Waals surface area contributed by atoms with E-state index in [-0.39, 0.29) is 5.91 Å². The molecule has 0 aromatic rings. The van der Waals surface area contributed by atoms with E-state index in [1.165, 1.54) is 12.8 Å². The van der Waals surface area contributed by atoms with Crippen molar-refractivity contribution in [3.8, 4) is 0 Å². The van der Waals surface area contributed by atoms with E-state index in [0.717, 1.165) is 0 Å². The molecular weight excluding hydrogens is 118 g/mol. The summed E-state index contributed by atoms with van der Waals surface area (Å²) in [5.41, 5.74) is 0. The Kier molecular flexibility index (Phi) is 3.37. The lowest BCUT2D eigenvalue weighted by Gasteiger charge is -1.91. The zero-order valence-electron chi connectivity index (χ0n) is 5.29. The van der Waals surface area contributed by atoms with Gasteiger partial charge in [0.25, 0.3) is 0 Å². The third-order valence-electron chi connectivity index (χ3n) is 0.985. The summed E-state index contributed by atoms with van der Waals surface area (Å²) in [4.78, 5) is 10.2. The van der Waals surface area contributed by atoms with E-state index < -0.39 is 0 Å². The van der Waals surface area contributed by atoms with Crippen molar-refractivity contribution in [3.63, 3.8) is 0 Å². The molecule has 0 aromatic heterocycles. The molecule has 0 heterocycles. The van der Waals surface area contributed by atoms with Crippen molar-refractivity contribution in [2.24, 2.45) is 0 Å². The molecule has 1 amide bonds. The van der Waals surface area contributed by atoms with Crippen LogP contribution in [0.2, 0.25) is 0 Å². The fourth-order valence-corrected chi connectivity index (χ4v) is 0.515. The zero-order valence-corrected chi connectivity index (χ0v) is 5.29. The summed E-state index contributed by atoms with van der Waals surface area (Å²) in [5.74, 6) is 0.0995. The van der Waals surface area contributed by atoms with E-state index in [1.54, 1.807) is 6.92 Å². The third-order valence-corrected chi connectivity index (χ3v) is 0.985. The highest BCUT2D eigenvalue weighted by molar-refractivity contribution is 5.73. The van der Waals surface area contributed by atoms with Crippen LogP contribution in [-0.4, -0.2) is 11.9 Å². The minimum Gasteiger partial charge on any atom is -0.354 e. The van der Waals surface area contributed by atoms with Gasteiger partial charge in [0, 0.05) is 23.8 Å². The first-order chi connectivity index (χ1) is 4.29. The van der Waals surface area contributed by atoms with Crippen LogP contribution in [0, 0.1) is 10.8 Å². The van der Waals surface area contributed by atoms with Crippen molar-refractivity contribution in [1.29, 1.82) is 10.8 Å². The van der Waals surface area contributed by atoms with Crippen molar-refractivity contribution < 1.29 is 4.79 Å². The van der Waals surface area contributed by atoms with Crippen LogP contribution in [0.25, 0.3) is 0 Å². The standard InChI is InChI=1S/C5H9NO.N2/c1-4(7)6-5-2-3-5;1-2/h5H,2-3H2,1H3,(H,6,7);. The molecule has 0 aliphatic heterocycles. The lowest BCUT2D eigenvalue weighted by Crippen LogP contribution is -2.21. The van der Waals surface area contributed by atoms with Crippen LogP contribution < -0.4 is 5.32 Å². The van der Waals surface area contributed by atoms with Crippen molar-refractivity contribution in [2.45, 2.75) is 25.8 Å². The number of rotatable bonds is 1. The van der Waals surface area contributed by atoms with Gasteiger partial charge in [-0.2, -0.15) is 0 Å². The second kappa shape index (κ2) is 3.84. The lowest BCUT2D eigenvalue weighted by atomic mass is 10.6. The van der Waals surface area contributed by atoms with E-state index in [0.29, 0.717) is 6.04 Å². The maximum Gasteiger partial charge on any atom is 0.217 e. The molecule has 0 bridgehead atoms. The zero-order chi connectivity index (χ0) is 7.28. The maximum atomic E-state index is 10.2. The van der Waals surface area contributed by atoms with E-state index in [2.05, 4.69) is 5.32 Å². The topological polar surface area (TPSA) is 76.7 Å². The molecule has 0 atom stereocenters. The van der Waals surface area contributed by atoms with Crippen molar-refractivity contribution in [2.75, 3.05) is 0 Å². The van der Waals surface area contributed by atoms with E-state index in [9.17, 15) is 4.79 Å². The van der Waals surface area contributed by atoms with Gasteiger partial charge in [0.05, 0.1) is 0 Å². The number of hydrogen-bond acceptors (Lipinski definition) is 3. The van der Waals surface area contributed by atoms with Crippen LogP contribution >= 0.6 is 0 Å². The predicted octanol–water partition coefficient (Wildman–Crippen LogP) is 0.315. The minimum absolute atomic E-state index is 0.0995. The quantitative estimate of drug-likeness (QED) is 0.515. The monoisotopic (exact) mass is 127 g/mol. The highest BCUT2D eigenvalue weighted by atomic mass is 16.1. The molecule has 1 aliphatic carbocycles. The molecule has 0 saturated heterocycles. The largest absolute Gasteiger partial charge is 0.354 e. The number of hydrogen-bond donors (Lipinski definition) is 1. The lowest BCUT2D eigenvalue weighted by molar-refractivity contribution is -0.119. The number of carbonyl (C=O) groups is 1. The van der Waals surface area contributed by atoms with Gasteiger partial charge in [0.2, 0.25) is 5.91 Å². The first kappa shape index (κ1) is 7.89. The third kappa shape index (κ3) is 4.75. The Bertz CT molecular complexity index is 117. The van der Waals surface area contributed by atoms with Gasteiger partial charge in [-0.1, -0.05) is 0 Å². The Labute approximate surface area is 53.7 Å². The van der Waals surface area contributed by atoms with Crippen LogP contribution in [0.5, 0.6) is 0 Å². The fourth-order valence-electron chi connectivity index (χ4n) is 0.515. The summed E-state index contributed by atoms with van der Waals surface area (Å²) in [5, 5.41) is 14.8. The first-order valence-electron chi connectivity index (χ1n) is 2.76. The Morgan fingerprint density at radius 2 is 2.00 bits per heavy atom. The van der Waals surface area contributed by atoms with Gasteiger partial charge >= 0.3 is 0 Å². The number of amides is 1. The van der Waals surface area contributed by atoms with Crippen LogP contribution in [0.3, 0.4) is 0 Å². The molecular formula is C5H9N3O. The Hall–Kier alpha value is -1.11. The highest BCUT2D eigenvalue weighted by Crippen LogP contribution is 2.17. The summed E-state index contributed by atoms with van der Waals surface area (Å²) in [6.07, 6.45) is 2.36. The molecule has 0 aromatic carbocycles. The number of carbonyl (C=O) groups excluding carboxylic acids is 1. The Balaban J connectivity index is 0.000000291. The van der Waals surface area contributed by atoms with Gasteiger partial charge < -0.3 is 5.32 Å². The molecule has 0 spiro atoms. The molecule has 9 heavy (non-hydrogen) atoms. The van der Waals surface area contributed by atoms with Crippen molar-refractivity contribution in [1.82, 2.24) is 5.32 Å². The second-order valence-electron chi connectivity index (χ2n) is 1.97. The first-order valence-corrected chi connectivity index (χ1v) is 2.76. The molecule has 0 radical (unpaired) electrons. The van der Waals surface area contributed by atoms with Crippen LogP contribution in [0.1, 0.15) is 19.8 Å². The van der Waals surface area contributed by atoms with Gasteiger partial charge in [-0.25, -0.2) is 0 Å². The van der Waals surface area contributed by atoms with E-state index in [1.807, 2.05) is 0 Å². The molecule has 0 unspecified atom stereocenters. The summed E-state index contributed by atoms with van der Waals surface area (Å²) >= 11 is 0. The van der Waals surface area contributed by atoms with Crippen LogP contribution in [0.15, 0.2) is 0 Å². The highest BCUT2D eigenvalue weighted by Gasteiger charge is 2.21. The smallest absolute Gasteiger partial charge is 0.217 e. The summed E-state index contributed by atoms with van der Waals surface area (Å²) < 4.78 is 0. The average molecular weight is 127 g/mol. The van der Waals surface area contributed by atoms with Gasteiger partial charge in [-0.3, -0.25) is 4.79 Å². The number of nitrogens with zero attached hydrogens (tertiary/aromatic N) is 2. The van der Waals surface area contributed by atoms with Crippen LogP contribution in [-0.2, 0) is 4.79 Å². The minimum atomic E-state index is 0.0995. The Morgan fingerprint density at radius 1 is 1.56 bits per heavy atom. The molecule has 1 saturated carbocycles. The second-order valence-corrected chi connectivity index (χ2v) is 1.97. The van der Waals surface area contributed by atoms with E-state index >= 15 is 0 Å². The fraction of sp³-hybridized carbons (Fsp3) is 0.800. The SMILES string of the molecule is CC(=O)NC1CC1.N#N. The normalized spacial score (nSPS) is 15.0. The molecule has 1 N–H and O–H groups in total.